The number of aromatic nitrogens is 2. The van der Waals surface area contributed by atoms with Gasteiger partial charge in [-0.2, -0.15) is 5.10 Å². The van der Waals surface area contributed by atoms with Crippen LogP contribution in [0.25, 0.3) is 16.9 Å². The summed E-state index contributed by atoms with van der Waals surface area (Å²) in [5.41, 5.74) is 4.23. The van der Waals surface area contributed by atoms with Crippen LogP contribution >= 0.6 is 0 Å². The number of hydrogen-bond donors (Lipinski definition) is 0. The van der Waals surface area contributed by atoms with Crippen molar-refractivity contribution in [2.75, 3.05) is 0 Å². The van der Waals surface area contributed by atoms with E-state index in [-0.39, 0.29) is 11.7 Å². The van der Waals surface area contributed by atoms with E-state index in [1.165, 1.54) is 12.1 Å². The smallest absolute Gasteiger partial charge is 0.123 e. The number of benzene rings is 2. The monoisotopic (exact) mass is 304 g/mol. The lowest BCUT2D eigenvalue weighted by Crippen LogP contribution is -2.04. The molecule has 0 N–H and O–H groups in total. The van der Waals surface area contributed by atoms with E-state index in [4.69, 9.17) is 11.5 Å². The van der Waals surface area contributed by atoms with Crippen LogP contribution in [0.3, 0.4) is 0 Å². The fourth-order valence-corrected chi connectivity index (χ4v) is 2.68. The number of para-hydroxylation sites is 1. The second-order valence-corrected chi connectivity index (χ2v) is 5.66. The molecular formula is C20H17FN2. The Bertz CT molecular complexity index is 853. The molecular weight excluding hydrogens is 287 g/mol. The van der Waals surface area contributed by atoms with Crippen LogP contribution < -0.4 is 0 Å². The molecule has 0 unspecified atom stereocenters. The summed E-state index contributed by atoms with van der Waals surface area (Å²) < 4.78 is 15.1. The molecule has 3 aromatic rings. The highest BCUT2D eigenvalue weighted by molar-refractivity contribution is 5.69. The van der Waals surface area contributed by atoms with Crippen molar-refractivity contribution in [3.63, 3.8) is 0 Å². The highest BCUT2D eigenvalue weighted by Gasteiger charge is 2.21. The zero-order valence-corrected chi connectivity index (χ0v) is 13.1. The van der Waals surface area contributed by atoms with E-state index in [2.05, 4.69) is 19.8 Å². The first-order valence-corrected chi connectivity index (χ1v) is 7.52. The molecule has 0 aliphatic heterocycles. The molecule has 3 heteroatoms. The lowest BCUT2D eigenvalue weighted by atomic mass is 10.0. The highest BCUT2D eigenvalue weighted by atomic mass is 19.1. The Balaban J connectivity index is 2.26. The van der Waals surface area contributed by atoms with Crippen LogP contribution in [-0.4, -0.2) is 9.78 Å². The van der Waals surface area contributed by atoms with Gasteiger partial charge in [0.2, 0.25) is 0 Å². The highest BCUT2D eigenvalue weighted by Crippen LogP contribution is 2.31. The minimum Gasteiger partial charge on any atom is -0.236 e. The summed E-state index contributed by atoms with van der Waals surface area (Å²) in [6.07, 6.45) is 5.77. The summed E-state index contributed by atoms with van der Waals surface area (Å²) in [6.45, 7) is 4.18. The Labute approximate surface area is 135 Å². The van der Waals surface area contributed by atoms with Crippen molar-refractivity contribution in [1.29, 1.82) is 0 Å². The molecule has 0 fully saturated rings. The first-order valence-electron chi connectivity index (χ1n) is 7.52. The van der Waals surface area contributed by atoms with Gasteiger partial charge in [0.15, 0.2) is 0 Å². The van der Waals surface area contributed by atoms with Gasteiger partial charge in [-0.25, -0.2) is 9.07 Å². The molecule has 2 aromatic carbocycles. The molecule has 23 heavy (non-hydrogen) atoms. The molecule has 0 saturated heterocycles. The number of hydrogen-bond acceptors (Lipinski definition) is 1. The molecule has 0 radical (unpaired) electrons. The topological polar surface area (TPSA) is 17.8 Å². The van der Waals surface area contributed by atoms with Gasteiger partial charge in [0.05, 0.1) is 16.9 Å². The third-order valence-electron chi connectivity index (χ3n) is 3.73. The van der Waals surface area contributed by atoms with Gasteiger partial charge in [0, 0.05) is 5.56 Å². The third-order valence-corrected chi connectivity index (χ3v) is 3.73. The van der Waals surface area contributed by atoms with Crippen molar-refractivity contribution in [1.82, 2.24) is 9.78 Å². The maximum absolute atomic E-state index is 13.2. The van der Waals surface area contributed by atoms with Crippen LogP contribution in [0, 0.1) is 18.2 Å². The van der Waals surface area contributed by atoms with Crippen LogP contribution in [-0.2, 0) is 0 Å². The van der Waals surface area contributed by atoms with Gasteiger partial charge < -0.3 is 0 Å². The Kier molecular flexibility index (Phi) is 3.99. The minimum absolute atomic E-state index is 0.211. The van der Waals surface area contributed by atoms with E-state index in [9.17, 15) is 4.39 Å². The molecule has 2 nitrogen and oxygen atoms in total. The fraction of sp³-hybridized carbons (Fsp3) is 0.150. The first kappa shape index (κ1) is 15.1. The molecule has 1 heterocycles. The van der Waals surface area contributed by atoms with Crippen LogP contribution in [0.1, 0.15) is 31.0 Å². The third kappa shape index (κ3) is 2.76. The van der Waals surface area contributed by atoms with Crippen molar-refractivity contribution < 1.29 is 4.39 Å². The van der Waals surface area contributed by atoms with Gasteiger partial charge in [0.25, 0.3) is 0 Å². The second-order valence-electron chi connectivity index (χ2n) is 5.66. The molecule has 0 aliphatic carbocycles. The standard InChI is InChI=1S/C20H17FN2/c1-4-18-19(15-10-12-16(21)13-11-15)22-23(20(18)14(2)3)17-8-6-5-7-9-17/h1,5-14H,2-3H3. The van der Waals surface area contributed by atoms with Gasteiger partial charge in [-0.05, 0) is 42.3 Å². The van der Waals surface area contributed by atoms with Gasteiger partial charge in [-0.15, -0.1) is 6.42 Å². The zero-order valence-electron chi connectivity index (χ0n) is 13.1. The van der Waals surface area contributed by atoms with E-state index in [1.54, 1.807) is 12.1 Å². The summed E-state index contributed by atoms with van der Waals surface area (Å²) in [5.74, 6) is 2.71. The van der Waals surface area contributed by atoms with Crippen molar-refractivity contribution in [2.24, 2.45) is 0 Å². The van der Waals surface area contributed by atoms with Gasteiger partial charge in [-0.3, -0.25) is 0 Å². The maximum Gasteiger partial charge on any atom is 0.123 e. The van der Waals surface area contributed by atoms with E-state index in [0.717, 1.165) is 22.5 Å². The van der Waals surface area contributed by atoms with Gasteiger partial charge in [-0.1, -0.05) is 38.0 Å². The SMILES string of the molecule is C#Cc1c(-c2ccc(F)cc2)nn(-c2ccccc2)c1C(C)C. The average Bonchev–Trinajstić information content (AvgIpc) is 2.96. The average molecular weight is 304 g/mol. The summed E-state index contributed by atoms with van der Waals surface area (Å²) in [7, 11) is 0. The van der Waals surface area contributed by atoms with Gasteiger partial charge in [0.1, 0.15) is 11.5 Å². The maximum atomic E-state index is 13.2. The van der Waals surface area contributed by atoms with Crippen molar-refractivity contribution in [3.05, 3.63) is 71.7 Å². The fourth-order valence-electron chi connectivity index (χ4n) is 2.68. The number of terminal acetylenes is 1. The van der Waals surface area contributed by atoms with E-state index < -0.39 is 0 Å². The van der Waals surface area contributed by atoms with Crippen molar-refractivity contribution >= 4 is 0 Å². The summed E-state index contributed by atoms with van der Waals surface area (Å²) in [6, 6.07) is 16.1. The lowest BCUT2D eigenvalue weighted by Gasteiger charge is -2.10. The normalized spacial score (nSPS) is 10.7. The van der Waals surface area contributed by atoms with Crippen LogP contribution in [0.4, 0.5) is 4.39 Å². The van der Waals surface area contributed by atoms with Crippen LogP contribution in [0.15, 0.2) is 54.6 Å². The number of rotatable bonds is 3. The summed E-state index contributed by atoms with van der Waals surface area (Å²) in [5, 5.41) is 4.72. The van der Waals surface area contributed by atoms with Crippen molar-refractivity contribution in [2.45, 2.75) is 19.8 Å². The predicted octanol–water partition coefficient (Wildman–Crippen LogP) is 4.78. The molecule has 114 valence electrons. The minimum atomic E-state index is -0.275. The Hall–Kier alpha value is -2.86. The zero-order chi connectivity index (χ0) is 16.4. The molecule has 1 aromatic heterocycles. The molecule has 0 aliphatic rings. The van der Waals surface area contributed by atoms with Crippen LogP contribution in [0.5, 0.6) is 0 Å². The Morgan fingerprint density at radius 3 is 2.26 bits per heavy atom. The molecule has 0 atom stereocenters. The Morgan fingerprint density at radius 1 is 1.04 bits per heavy atom. The van der Waals surface area contributed by atoms with Crippen molar-refractivity contribution in [3.8, 4) is 29.3 Å². The van der Waals surface area contributed by atoms with Crippen LogP contribution in [0.2, 0.25) is 0 Å². The number of nitrogens with zero attached hydrogens (tertiary/aromatic N) is 2. The first-order chi connectivity index (χ1) is 11.1. The van der Waals surface area contributed by atoms with E-state index in [0.29, 0.717) is 5.69 Å². The predicted molar refractivity (Wildman–Crippen MR) is 91.0 cm³/mol. The summed E-state index contributed by atoms with van der Waals surface area (Å²) in [4.78, 5) is 0. The lowest BCUT2D eigenvalue weighted by molar-refractivity contribution is 0.628. The van der Waals surface area contributed by atoms with E-state index >= 15 is 0 Å². The summed E-state index contributed by atoms with van der Waals surface area (Å²) >= 11 is 0. The Morgan fingerprint density at radius 2 is 1.70 bits per heavy atom. The molecule has 0 spiro atoms. The number of halogens is 1. The molecule has 3 rings (SSSR count). The molecule has 0 amide bonds. The van der Waals surface area contributed by atoms with Gasteiger partial charge >= 0.3 is 0 Å². The molecule has 0 bridgehead atoms. The second kappa shape index (κ2) is 6.10. The largest absolute Gasteiger partial charge is 0.236 e. The quantitative estimate of drug-likeness (QED) is 0.637. The van der Waals surface area contributed by atoms with E-state index in [1.807, 2.05) is 35.0 Å². The molecule has 0 saturated carbocycles.